The van der Waals surface area contributed by atoms with Crippen LogP contribution in [0.4, 0.5) is 0 Å². The summed E-state index contributed by atoms with van der Waals surface area (Å²) in [6.45, 7) is 15.0. The van der Waals surface area contributed by atoms with Gasteiger partial charge in [0, 0.05) is 44.5 Å². The van der Waals surface area contributed by atoms with Crippen LogP contribution in [0.3, 0.4) is 0 Å². The van der Waals surface area contributed by atoms with E-state index in [4.69, 9.17) is 18.9 Å². The molecule has 40 heavy (non-hydrogen) atoms. The number of Topliss-reactive ketones (excluding diaryl/α,β-unsaturated/α-hetero) is 1. The van der Waals surface area contributed by atoms with Crippen molar-refractivity contribution in [3.8, 4) is 0 Å². The standard InChI is InChI=1S/C31H55N2O7/c1-11-14-33-19-21(2)18-31(7,37-10)28(40-26-17-25(32(8)9)16-22(3)39-26)23(4)27(35)30(5,6)29(36)38-20-24(33)13-12-15-34/h15,17,21-26,28H,11-14,16,18-20H2,1-10H3/t21-,22-,23+,24-,25-,26+,28-,31-/m1/s1. The molecule has 2 fully saturated rings. The molecule has 1 radical (unpaired) electrons. The molecular weight excluding hydrogens is 512 g/mol. The van der Waals surface area contributed by atoms with E-state index in [9.17, 15) is 14.4 Å². The summed E-state index contributed by atoms with van der Waals surface area (Å²) in [5, 5.41) is 0. The van der Waals surface area contributed by atoms with Crippen molar-refractivity contribution in [1.29, 1.82) is 0 Å². The highest BCUT2D eigenvalue weighted by molar-refractivity contribution is 6.04. The SMILES string of the molecule is CCCN1C[C@H](C)C[C@@](C)(OC)[C@H](O[C@H]2[CH][C@H](N(C)C)C[C@@H](C)O2)[C@@H](C)C(=O)C(C)(C)C(=O)OC[C@H]1CCC=O. The van der Waals surface area contributed by atoms with E-state index in [2.05, 4.69) is 23.6 Å². The lowest BCUT2D eigenvalue weighted by atomic mass is 9.74. The number of rotatable bonds is 9. The molecule has 9 nitrogen and oxygen atoms in total. The molecule has 0 aromatic carbocycles. The lowest BCUT2D eigenvalue weighted by Gasteiger charge is -2.45. The fourth-order valence-corrected chi connectivity index (χ4v) is 6.30. The molecule has 0 unspecified atom stereocenters. The minimum Gasteiger partial charge on any atom is -0.463 e. The maximum Gasteiger partial charge on any atom is 0.319 e. The Morgan fingerprint density at radius 1 is 1.18 bits per heavy atom. The summed E-state index contributed by atoms with van der Waals surface area (Å²) >= 11 is 0. The van der Waals surface area contributed by atoms with Crippen LogP contribution >= 0.6 is 0 Å². The van der Waals surface area contributed by atoms with E-state index in [-0.39, 0.29) is 36.5 Å². The van der Waals surface area contributed by atoms with Crippen LogP contribution in [0.5, 0.6) is 0 Å². The van der Waals surface area contributed by atoms with Gasteiger partial charge in [0.05, 0.1) is 17.8 Å². The summed E-state index contributed by atoms with van der Waals surface area (Å²) in [5.41, 5.74) is -2.24. The van der Waals surface area contributed by atoms with Crippen molar-refractivity contribution >= 4 is 18.0 Å². The summed E-state index contributed by atoms with van der Waals surface area (Å²) in [6.07, 6.45) is 4.98. The fraction of sp³-hybridized carbons (Fsp3) is 0.871. The number of methoxy groups -OCH3 is 1. The zero-order valence-corrected chi connectivity index (χ0v) is 26.6. The van der Waals surface area contributed by atoms with Crippen LogP contribution < -0.4 is 0 Å². The van der Waals surface area contributed by atoms with Gasteiger partial charge in [-0.05, 0) is 79.9 Å². The van der Waals surface area contributed by atoms with E-state index in [1.165, 1.54) is 0 Å². The number of hydrogen-bond acceptors (Lipinski definition) is 9. The maximum atomic E-state index is 14.0. The number of carbonyl (C=O) groups excluding carboxylic acids is 3. The molecule has 0 aliphatic carbocycles. The molecule has 2 aliphatic rings. The molecular formula is C31H55N2O7. The van der Waals surface area contributed by atoms with Gasteiger partial charge in [-0.25, -0.2) is 0 Å². The second-order valence-electron chi connectivity index (χ2n) is 12.9. The molecule has 2 heterocycles. The normalized spacial score (nSPS) is 36.8. The zero-order chi connectivity index (χ0) is 30.3. The van der Waals surface area contributed by atoms with E-state index in [1.54, 1.807) is 21.0 Å². The Morgan fingerprint density at radius 3 is 2.42 bits per heavy atom. The average Bonchev–Trinajstić information content (AvgIpc) is 2.89. The van der Waals surface area contributed by atoms with Crippen molar-refractivity contribution in [2.75, 3.05) is 40.9 Å². The Hall–Kier alpha value is -1.39. The summed E-state index contributed by atoms with van der Waals surface area (Å²) in [5.74, 6) is -1.34. The topological polar surface area (TPSA) is 94.6 Å². The molecule has 0 bridgehead atoms. The number of ketones is 1. The summed E-state index contributed by atoms with van der Waals surface area (Å²) in [4.78, 5) is 43.1. The van der Waals surface area contributed by atoms with Gasteiger partial charge in [-0.1, -0.05) is 20.8 Å². The number of carbonyl (C=O) groups is 3. The van der Waals surface area contributed by atoms with Crippen LogP contribution in [0.25, 0.3) is 0 Å². The molecule has 2 aliphatic heterocycles. The van der Waals surface area contributed by atoms with Crippen molar-refractivity contribution in [1.82, 2.24) is 9.80 Å². The second-order valence-corrected chi connectivity index (χ2v) is 12.9. The average molecular weight is 568 g/mol. The quantitative estimate of drug-likeness (QED) is 0.233. The van der Waals surface area contributed by atoms with Crippen molar-refractivity contribution < 1.29 is 33.3 Å². The molecule has 0 N–H and O–H groups in total. The van der Waals surface area contributed by atoms with Crippen LogP contribution in [0, 0.1) is 23.7 Å². The molecule has 2 rings (SSSR count). The molecule has 231 valence electrons. The molecule has 8 atom stereocenters. The predicted octanol–water partition coefficient (Wildman–Crippen LogP) is 3.92. The fourth-order valence-electron chi connectivity index (χ4n) is 6.30. The summed E-state index contributed by atoms with van der Waals surface area (Å²) in [6, 6.07) is 0.0516. The van der Waals surface area contributed by atoms with Gasteiger partial charge < -0.3 is 28.6 Å². The van der Waals surface area contributed by atoms with Crippen molar-refractivity contribution in [3.05, 3.63) is 6.42 Å². The van der Waals surface area contributed by atoms with Gasteiger partial charge in [-0.2, -0.15) is 0 Å². The van der Waals surface area contributed by atoms with Gasteiger partial charge in [0.25, 0.3) is 0 Å². The highest BCUT2D eigenvalue weighted by Crippen LogP contribution is 2.38. The lowest BCUT2D eigenvalue weighted by molar-refractivity contribution is -0.245. The van der Waals surface area contributed by atoms with Crippen LogP contribution in [0.15, 0.2) is 0 Å². The van der Waals surface area contributed by atoms with Crippen LogP contribution in [0.1, 0.15) is 80.6 Å². The minimum absolute atomic E-state index is 0.0202. The van der Waals surface area contributed by atoms with Crippen molar-refractivity contribution in [2.24, 2.45) is 17.3 Å². The number of cyclic esters (lactones) is 1. The molecule has 9 heteroatoms. The Bertz CT molecular complexity index is 835. The summed E-state index contributed by atoms with van der Waals surface area (Å²) in [7, 11) is 5.72. The third-order valence-corrected chi connectivity index (χ3v) is 8.68. The van der Waals surface area contributed by atoms with E-state index >= 15 is 0 Å². The van der Waals surface area contributed by atoms with Gasteiger partial charge in [0.2, 0.25) is 0 Å². The number of hydrogen-bond donors (Lipinski definition) is 0. The summed E-state index contributed by atoms with van der Waals surface area (Å²) < 4.78 is 24.9. The van der Waals surface area contributed by atoms with Gasteiger partial charge in [-0.15, -0.1) is 0 Å². The number of ether oxygens (including phenoxy) is 4. The third kappa shape index (κ3) is 8.81. The Morgan fingerprint density at radius 2 is 1.85 bits per heavy atom. The molecule has 0 aromatic rings. The first-order valence-electron chi connectivity index (χ1n) is 15.0. The first-order chi connectivity index (χ1) is 18.7. The molecule has 0 amide bonds. The number of nitrogens with zero attached hydrogens (tertiary/aromatic N) is 2. The third-order valence-electron chi connectivity index (χ3n) is 8.68. The van der Waals surface area contributed by atoms with E-state index in [0.717, 1.165) is 32.2 Å². The monoisotopic (exact) mass is 567 g/mol. The van der Waals surface area contributed by atoms with Crippen LogP contribution in [-0.2, 0) is 33.3 Å². The lowest BCUT2D eigenvalue weighted by Crippen LogP contribution is -2.55. The molecule has 0 aromatic heterocycles. The molecule has 0 spiro atoms. The first-order valence-corrected chi connectivity index (χ1v) is 15.0. The highest BCUT2D eigenvalue weighted by atomic mass is 16.7. The predicted molar refractivity (Wildman–Crippen MR) is 155 cm³/mol. The first kappa shape index (κ1) is 34.8. The van der Waals surface area contributed by atoms with Crippen molar-refractivity contribution in [2.45, 2.75) is 117 Å². The van der Waals surface area contributed by atoms with E-state index in [1.807, 2.05) is 41.3 Å². The highest BCUT2D eigenvalue weighted by Gasteiger charge is 2.50. The van der Waals surface area contributed by atoms with E-state index < -0.39 is 35.3 Å². The Balaban J connectivity index is 2.52. The zero-order valence-electron chi connectivity index (χ0n) is 26.6. The number of esters is 1. The van der Waals surface area contributed by atoms with Crippen LogP contribution in [0.2, 0.25) is 0 Å². The van der Waals surface area contributed by atoms with Gasteiger partial charge in [0.15, 0.2) is 12.1 Å². The smallest absolute Gasteiger partial charge is 0.319 e. The minimum atomic E-state index is -1.39. The van der Waals surface area contributed by atoms with Crippen LogP contribution in [-0.4, -0.2) is 105 Å². The van der Waals surface area contributed by atoms with Gasteiger partial charge in [-0.3, -0.25) is 14.5 Å². The Kier molecular flexibility index (Phi) is 13.2. The molecule has 0 saturated carbocycles. The number of aldehydes is 1. The maximum absolute atomic E-state index is 14.0. The van der Waals surface area contributed by atoms with Gasteiger partial charge >= 0.3 is 5.97 Å². The largest absolute Gasteiger partial charge is 0.463 e. The van der Waals surface area contributed by atoms with E-state index in [0.29, 0.717) is 19.3 Å². The van der Waals surface area contributed by atoms with Gasteiger partial charge in [0.1, 0.15) is 18.3 Å². The Labute approximate surface area is 242 Å². The molecule has 2 saturated heterocycles. The second kappa shape index (κ2) is 15.2. The van der Waals surface area contributed by atoms with Crippen molar-refractivity contribution in [3.63, 3.8) is 0 Å².